The second kappa shape index (κ2) is 9.25. The summed E-state index contributed by atoms with van der Waals surface area (Å²) in [6.45, 7) is 2.98. The van der Waals surface area contributed by atoms with Gasteiger partial charge in [0.25, 0.3) is 0 Å². The molecule has 3 N–H and O–H groups in total. The van der Waals surface area contributed by atoms with Crippen LogP contribution in [0.15, 0.2) is 59.5 Å². The molecule has 0 aliphatic rings. The van der Waals surface area contributed by atoms with Crippen molar-refractivity contribution in [1.82, 2.24) is 4.31 Å². The third kappa shape index (κ3) is 6.02. The Hall–Kier alpha value is -1.94. The lowest BCUT2D eigenvalue weighted by molar-refractivity contribution is -0.137. The van der Waals surface area contributed by atoms with E-state index in [0.717, 1.165) is 34.1 Å². The molecule has 0 radical (unpaired) electrons. The fraction of sp³-hybridized carbons (Fsp3) is 0.400. The molecule has 0 bridgehead atoms. The van der Waals surface area contributed by atoms with Gasteiger partial charge in [0.2, 0.25) is 10.0 Å². The molecule has 0 saturated carbocycles. The van der Waals surface area contributed by atoms with Crippen molar-refractivity contribution in [1.29, 1.82) is 0 Å². The molecule has 0 spiro atoms. The van der Waals surface area contributed by atoms with E-state index in [1.807, 2.05) is 30.3 Å². The minimum absolute atomic E-state index is 0.269. The van der Waals surface area contributed by atoms with Crippen molar-refractivity contribution in [2.75, 3.05) is 6.54 Å². The zero-order valence-corrected chi connectivity index (χ0v) is 17.0. The van der Waals surface area contributed by atoms with Gasteiger partial charge in [0, 0.05) is 18.6 Å². The summed E-state index contributed by atoms with van der Waals surface area (Å²) in [4.78, 5) is -0.275. The summed E-state index contributed by atoms with van der Waals surface area (Å²) in [5.74, 6) is 0. The van der Waals surface area contributed by atoms with Crippen molar-refractivity contribution in [3.05, 3.63) is 65.7 Å². The highest BCUT2D eigenvalue weighted by atomic mass is 32.2. The lowest BCUT2D eigenvalue weighted by Gasteiger charge is -2.30. The van der Waals surface area contributed by atoms with Gasteiger partial charge in [-0.1, -0.05) is 30.3 Å². The number of hydrogen-bond donors (Lipinski definition) is 2. The molecular formula is C20H25F3N2O3S. The van der Waals surface area contributed by atoms with Crippen molar-refractivity contribution in [3.8, 4) is 0 Å². The quantitative estimate of drug-likeness (QED) is 0.674. The Kier molecular flexibility index (Phi) is 7.45. The van der Waals surface area contributed by atoms with Crippen molar-refractivity contribution < 1.29 is 26.7 Å². The minimum Gasteiger partial charge on any atom is -0.390 e. The van der Waals surface area contributed by atoms with E-state index in [-0.39, 0.29) is 11.4 Å². The van der Waals surface area contributed by atoms with Crippen molar-refractivity contribution in [2.24, 2.45) is 5.73 Å². The average molecular weight is 430 g/mol. The van der Waals surface area contributed by atoms with Gasteiger partial charge in [0.05, 0.1) is 16.6 Å². The van der Waals surface area contributed by atoms with Crippen LogP contribution in [0.3, 0.4) is 0 Å². The summed E-state index contributed by atoms with van der Waals surface area (Å²) in [5, 5.41) is 10.5. The molecule has 29 heavy (non-hydrogen) atoms. The van der Waals surface area contributed by atoms with Gasteiger partial charge in [-0.25, -0.2) is 8.42 Å². The van der Waals surface area contributed by atoms with Crippen LogP contribution in [-0.2, 0) is 22.6 Å². The minimum atomic E-state index is -4.56. The van der Waals surface area contributed by atoms with Crippen molar-refractivity contribution in [2.45, 2.75) is 49.5 Å². The Morgan fingerprint density at radius 2 is 1.59 bits per heavy atom. The number of alkyl halides is 3. The smallest absolute Gasteiger partial charge is 0.390 e. The van der Waals surface area contributed by atoms with Crippen LogP contribution in [0.1, 0.15) is 25.0 Å². The highest BCUT2D eigenvalue weighted by molar-refractivity contribution is 7.89. The maximum Gasteiger partial charge on any atom is 0.416 e. The number of aliphatic hydroxyl groups excluding tert-OH is 1. The highest BCUT2D eigenvalue weighted by Gasteiger charge is 2.33. The number of aliphatic hydroxyl groups is 1. The number of sulfonamides is 1. The number of benzene rings is 2. The molecule has 2 aromatic carbocycles. The number of nitrogens with two attached hydrogens (primary N) is 1. The van der Waals surface area contributed by atoms with Crippen LogP contribution in [0.4, 0.5) is 13.2 Å². The van der Waals surface area contributed by atoms with Crippen LogP contribution in [0.25, 0.3) is 0 Å². The van der Waals surface area contributed by atoms with Crippen LogP contribution in [0.2, 0.25) is 0 Å². The molecule has 0 aliphatic carbocycles. The maximum atomic E-state index is 12.9. The summed E-state index contributed by atoms with van der Waals surface area (Å²) in [6, 6.07) is 11.3. The first kappa shape index (κ1) is 23.3. The zero-order valence-electron chi connectivity index (χ0n) is 16.2. The average Bonchev–Trinajstić information content (AvgIpc) is 2.65. The van der Waals surface area contributed by atoms with Crippen LogP contribution in [-0.4, -0.2) is 42.6 Å². The third-order valence-corrected chi connectivity index (χ3v) is 6.60. The summed E-state index contributed by atoms with van der Waals surface area (Å²) in [6.07, 6.45) is -5.35. The Morgan fingerprint density at radius 1 is 1.03 bits per heavy atom. The third-order valence-electron chi connectivity index (χ3n) is 4.54. The van der Waals surface area contributed by atoms with E-state index in [1.54, 1.807) is 13.8 Å². The van der Waals surface area contributed by atoms with Crippen LogP contribution in [0.5, 0.6) is 0 Å². The predicted molar refractivity (Wildman–Crippen MR) is 105 cm³/mol. The van der Waals surface area contributed by atoms with Gasteiger partial charge in [-0.2, -0.15) is 17.5 Å². The molecule has 9 heteroatoms. The summed E-state index contributed by atoms with van der Waals surface area (Å²) in [5.41, 5.74) is 6.02. The van der Waals surface area contributed by atoms with Gasteiger partial charge < -0.3 is 10.8 Å². The number of nitrogens with zero attached hydrogens (tertiary/aromatic N) is 1. The molecule has 2 unspecified atom stereocenters. The standard InChI is InChI=1S/C20H25F3N2O3S/c1-14(2)25(13-19(26)18(24)12-15-6-4-3-5-7-15)29(27,28)17-10-8-16(9-11-17)20(21,22)23/h3-11,14,18-19,26H,12-13,24H2,1-2H3. The maximum absolute atomic E-state index is 12.9. The molecule has 0 aromatic heterocycles. The Labute approximate surface area is 169 Å². The lowest BCUT2D eigenvalue weighted by Crippen LogP contribution is -2.48. The topological polar surface area (TPSA) is 83.6 Å². The molecule has 0 aliphatic heterocycles. The van der Waals surface area contributed by atoms with E-state index in [4.69, 9.17) is 5.73 Å². The lowest BCUT2D eigenvalue weighted by atomic mass is 10.0. The molecule has 2 rings (SSSR count). The number of halogens is 3. The van der Waals surface area contributed by atoms with Crippen LogP contribution < -0.4 is 5.73 Å². The van der Waals surface area contributed by atoms with Gasteiger partial charge >= 0.3 is 6.18 Å². The molecule has 0 amide bonds. The Bertz CT molecular complexity index is 885. The molecule has 5 nitrogen and oxygen atoms in total. The first-order valence-electron chi connectivity index (χ1n) is 9.09. The van der Waals surface area contributed by atoms with Crippen LogP contribution in [0, 0.1) is 0 Å². The van der Waals surface area contributed by atoms with E-state index >= 15 is 0 Å². The fourth-order valence-electron chi connectivity index (χ4n) is 2.88. The number of rotatable bonds is 8. The molecule has 2 aromatic rings. The Balaban J connectivity index is 2.18. The molecule has 0 saturated heterocycles. The van der Waals surface area contributed by atoms with Gasteiger partial charge in [-0.05, 0) is 50.1 Å². The summed E-state index contributed by atoms with van der Waals surface area (Å²) < 4.78 is 65.1. The predicted octanol–water partition coefficient (Wildman–Crippen LogP) is 3.04. The second-order valence-electron chi connectivity index (χ2n) is 7.11. The Morgan fingerprint density at radius 3 is 2.07 bits per heavy atom. The monoisotopic (exact) mass is 430 g/mol. The fourth-order valence-corrected chi connectivity index (χ4v) is 4.53. The normalized spacial score (nSPS) is 14.9. The molecule has 0 heterocycles. The van der Waals surface area contributed by atoms with Crippen molar-refractivity contribution >= 4 is 10.0 Å². The van der Waals surface area contributed by atoms with Gasteiger partial charge in [-0.3, -0.25) is 0 Å². The van der Waals surface area contributed by atoms with E-state index < -0.39 is 40.0 Å². The molecule has 2 atom stereocenters. The van der Waals surface area contributed by atoms with Gasteiger partial charge in [0.1, 0.15) is 0 Å². The van der Waals surface area contributed by atoms with E-state index in [9.17, 15) is 26.7 Å². The molecule has 0 fully saturated rings. The first-order chi connectivity index (χ1) is 13.4. The summed E-state index contributed by atoms with van der Waals surface area (Å²) >= 11 is 0. The van der Waals surface area contributed by atoms with E-state index in [0.29, 0.717) is 6.42 Å². The molecular weight excluding hydrogens is 405 g/mol. The first-order valence-corrected chi connectivity index (χ1v) is 10.5. The number of hydrogen-bond acceptors (Lipinski definition) is 4. The van der Waals surface area contributed by atoms with E-state index in [2.05, 4.69) is 0 Å². The molecule has 160 valence electrons. The van der Waals surface area contributed by atoms with E-state index in [1.165, 1.54) is 0 Å². The zero-order chi connectivity index (χ0) is 21.8. The van der Waals surface area contributed by atoms with Gasteiger partial charge in [0.15, 0.2) is 0 Å². The van der Waals surface area contributed by atoms with Crippen LogP contribution >= 0.6 is 0 Å². The summed E-state index contributed by atoms with van der Waals surface area (Å²) in [7, 11) is -4.11. The van der Waals surface area contributed by atoms with Gasteiger partial charge in [-0.15, -0.1) is 0 Å². The highest BCUT2D eigenvalue weighted by Crippen LogP contribution is 2.30. The SMILES string of the molecule is CC(C)N(CC(O)C(N)Cc1ccccc1)S(=O)(=O)c1ccc(C(F)(F)F)cc1. The van der Waals surface area contributed by atoms with Crippen molar-refractivity contribution in [3.63, 3.8) is 0 Å². The second-order valence-corrected chi connectivity index (χ2v) is 9.00. The largest absolute Gasteiger partial charge is 0.416 e.